The first-order valence-corrected chi connectivity index (χ1v) is 11.7. The number of halogens is 1. The van der Waals surface area contributed by atoms with Crippen molar-refractivity contribution in [1.29, 1.82) is 0 Å². The van der Waals surface area contributed by atoms with Gasteiger partial charge >= 0.3 is 0 Å². The largest absolute Gasteiger partial charge is 0.454 e. The third-order valence-electron chi connectivity index (χ3n) is 6.68. The molecule has 3 aromatic carbocycles. The van der Waals surface area contributed by atoms with Gasteiger partial charge in [0.05, 0.1) is 16.8 Å². The zero-order chi connectivity index (χ0) is 23.9. The van der Waals surface area contributed by atoms with Crippen LogP contribution in [0.2, 0.25) is 0 Å². The number of nitrogens with zero attached hydrogens (tertiary/aromatic N) is 3. The fraction of sp³-hybridized carbons (Fsp3) is 0.214. The van der Waals surface area contributed by atoms with Crippen molar-refractivity contribution in [3.05, 3.63) is 89.4 Å². The molecule has 0 bridgehead atoms. The number of ether oxygens (including phenoxy) is 2. The lowest BCUT2D eigenvalue weighted by Crippen LogP contribution is -2.47. The molecule has 7 heteroatoms. The molecule has 0 N–H and O–H groups in total. The lowest BCUT2D eigenvalue weighted by molar-refractivity contribution is 0.103. The SMILES string of the molecule is Cc1ccc(C(=O)c2cnc3cc4c(cc3c2N2CCN(c3ccc(F)cc3)CC2)OCO4)cc1. The van der Waals surface area contributed by atoms with Crippen LogP contribution in [-0.2, 0) is 0 Å². The Kier molecular flexibility index (Phi) is 5.25. The van der Waals surface area contributed by atoms with Crippen molar-refractivity contribution in [2.24, 2.45) is 0 Å². The molecule has 1 fully saturated rings. The number of hydrogen-bond donors (Lipinski definition) is 0. The summed E-state index contributed by atoms with van der Waals surface area (Å²) in [6, 6.07) is 18.0. The van der Waals surface area contributed by atoms with Gasteiger partial charge in [0.2, 0.25) is 6.79 Å². The predicted octanol–water partition coefficient (Wildman–Crippen LogP) is 4.97. The smallest absolute Gasteiger partial charge is 0.231 e. The maximum Gasteiger partial charge on any atom is 0.231 e. The Bertz CT molecular complexity index is 1410. The van der Waals surface area contributed by atoms with Gasteiger partial charge in [0, 0.05) is 55.1 Å². The van der Waals surface area contributed by atoms with Gasteiger partial charge < -0.3 is 19.3 Å². The third-order valence-corrected chi connectivity index (χ3v) is 6.68. The maximum atomic E-state index is 13.6. The number of hydrogen-bond acceptors (Lipinski definition) is 6. The molecule has 3 heterocycles. The normalized spacial score (nSPS) is 15.0. The van der Waals surface area contributed by atoms with E-state index >= 15 is 0 Å². The molecule has 0 spiro atoms. The summed E-state index contributed by atoms with van der Waals surface area (Å²) in [5, 5.41) is 0.863. The quantitative estimate of drug-likeness (QED) is 0.394. The van der Waals surface area contributed by atoms with Gasteiger partial charge in [0.1, 0.15) is 5.82 Å². The summed E-state index contributed by atoms with van der Waals surface area (Å²) in [6.07, 6.45) is 1.68. The van der Waals surface area contributed by atoms with Crippen molar-refractivity contribution in [1.82, 2.24) is 4.98 Å². The van der Waals surface area contributed by atoms with Gasteiger partial charge in [-0.1, -0.05) is 29.8 Å². The highest BCUT2D eigenvalue weighted by molar-refractivity contribution is 6.16. The average molecular weight is 470 g/mol. The van der Waals surface area contributed by atoms with Crippen LogP contribution in [0.4, 0.5) is 15.8 Å². The molecule has 4 aromatic rings. The Morgan fingerprint density at radius 1 is 0.886 bits per heavy atom. The first-order chi connectivity index (χ1) is 17.1. The van der Waals surface area contributed by atoms with Crippen LogP contribution < -0.4 is 19.3 Å². The molecular formula is C28H24FN3O3. The molecular weight excluding hydrogens is 445 g/mol. The van der Waals surface area contributed by atoms with Crippen molar-refractivity contribution in [3.63, 3.8) is 0 Å². The minimum atomic E-state index is -0.242. The second-order valence-corrected chi connectivity index (χ2v) is 8.89. The van der Waals surface area contributed by atoms with Crippen molar-refractivity contribution in [2.75, 3.05) is 42.8 Å². The number of rotatable bonds is 4. The van der Waals surface area contributed by atoms with E-state index in [1.165, 1.54) is 12.1 Å². The summed E-state index contributed by atoms with van der Waals surface area (Å²) in [5.41, 5.74) is 4.90. The minimum absolute atomic E-state index is 0.0620. The molecule has 0 aliphatic carbocycles. The number of piperazine rings is 1. The van der Waals surface area contributed by atoms with E-state index in [0.29, 0.717) is 35.7 Å². The van der Waals surface area contributed by atoms with Crippen LogP contribution in [0.25, 0.3) is 10.9 Å². The molecule has 2 aliphatic rings. The minimum Gasteiger partial charge on any atom is -0.454 e. The molecule has 0 saturated carbocycles. The van der Waals surface area contributed by atoms with Crippen LogP contribution in [-0.4, -0.2) is 43.7 Å². The number of anilines is 2. The van der Waals surface area contributed by atoms with Gasteiger partial charge in [0.25, 0.3) is 0 Å². The second kappa shape index (κ2) is 8.58. The number of carbonyl (C=O) groups is 1. The average Bonchev–Trinajstić information content (AvgIpc) is 3.35. The fourth-order valence-corrected chi connectivity index (χ4v) is 4.78. The lowest BCUT2D eigenvalue weighted by Gasteiger charge is -2.38. The summed E-state index contributed by atoms with van der Waals surface area (Å²) >= 11 is 0. The van der Waals surface area contributed by atoms with E-state index in [-0.39, 0.29) is 18.4 Å². The number of fused-ring (bicyclic) bond motifs is 2. The van der Waals surface area contributed by atoms with Crippen LogP contribution in [0, 0.1) is 12.7 Å². The summed E-state index contributed by atoms with van der Waals surface area (Å²) in [7, 11) is 0. The zero-order valence-electron chi connectivity index (χ0n) is 19.3. The summed E-state index contributed by atoms with van der Waals surface area (Å²) in [5.74, 6) is 1.02. The zero-order valence-corrected chi connectivity index (χ0v) is 19.3. The van der Waals surface area contributed by atoms with Gasteiger partial charge in [-0.25, -0.2) is 4.39 Å². The lowest BCUT2D eigenvalue weighted by atomic mass is 9.98. The highest BCUT2D eigenvalue weighted by atomic mass is 19.1. The number of carbonyl (C=O) groups excluding carboxylic acids is 1. The molecule has 35 heavy (non-hydrogen) atoms. The Hall–Kier alpha value is -4.13. The summed E-state index contributed by atoms with van der Waals surface area (Å²) in [4.78, 5) is 22.7. The van der Waals surface area contributed by atoms with E-state index < -0.39 is 0 Å². The van der Waals surface area contributed by atoms with E-state index in [4.69, 9.17) is 9.47 Å². The molecule has 0 radical (unpaired) electrons. The number of aryl methyl sites for hydroxylation is 1. The molecule has 2 aliphatic heterocycles. The van der Waals surface area contributed by atoms with E-state index in [9.17, 15) is 9.18 Å². The van der Waals surface area contributed by atoms with Crippen LogP contribution in [0.1, 0.15) is 21.5 Å². The van der Waals surface area contributed by atoms with Crippen LogP contribution in [0.5, 0.6) is 11.5 Å². The number of ketones is 1. The molecule has 6 nitrogen and oxygen atoms in total. The standard InChI is InChI=1S/C28H24FN3O3/c1-18-2-4-19(5-3-18)28(33)23-16-30-24-15-26-25(34-17-35-26)14-22(24)27(23)32-12-10-31(11-13-32)21-8-6-20(29)7-9-21/h2-9,14-16H,10-13,17H2,1H3. The highest BCUT2D eigenvalue weighted by Crippen LogP contribution is 2.40. The number of aromatic nitrogens is 1. The van der Waals surface area contributed by atoms with Crippen molar-refractivity contribution in [3.8, 4) is 11.5 Å². The topological polar surface area (TPSA) is 54.9 Å². The Morgan fingerprint density at radius 3 is 2.26 bits per heavy atom. The van der Waals surface area contributed by atoms with Gasteiger partial charge in [-0.05, 0) is 37.3 Å². The van der Waals surface area contributed by atoms with Gasteiger partial charge in [0.15, 0.2) is 17.3 Å². The Labute approximate surface area is 202 Å². The maximum absolute atomic E-state index is 13.6. The third kappa shape index (κ3) is 3.93. The number of benzene rings is 3. The van der Waals surface area contributed by atoms with Crippen LogP contribution >= 0.6 is 0 Å². The first kappa shape index (κ1) is 21.4. The highest BCUT2D eigenvalue weighted by Gasteiger charge is 2.27. The van der Waals surface area contributed by atoms with E-state index in [1.807, 2.05) is 43.3 Å². The molecule has 1 saturated heterocycles. The van der Waals surface area contributed by atoms with E-state index in [2.05, 4.69) is 14.8 Å². The Morgan fingerprint density at radius 2 is 1.54 bits per heavy atom. The van der Waals surface area contributed by atoms with Gasteiger partial charge in [-0.3, -0.25) is 9.78 Å². The first-order valence-electron chi connectivity index (χ1n) is 11.7. The molecule has 0 unspecified atom stereocenters. The van der Waals surface area contributed by atoms with Crippen LogP contribution in [0.15, 0.2) is 66.9 Å². The van der Waals surface area contributed by atoms with Gasteiger partial charge in [-0.2, -0.15) is 0 Å². The number of pyridine rings is 1. The molecule has 0 amide bonds. The van der Waals surface area contributed by atoms with Crippen molar-refractivity contribution >= 4 is 28.1 Å². The molecule has 6 rings (SSSR count). The van der Waals surface area contributed by atoms with E-state index in [1.54, 1.807) is 18.3 Å². The van der Waals surface area contributed by atoms with Crippen molar-refractivity contribution < 1.29 is 18.7 Å². The summed E-state index contributed by atoms with van der Waals surface area (Å²) < 4.78 is 24.6. The molecule has 0 atom stereocenters. The van der Waals surface area contributed by atoms with Gasteiger partial charge in [-0.15, -0.1) is 0 Å². The van der Waals surface area contributed by atoms with E-state index in [0.717, 1.165) is 40.9 Å². The monoisotopic (exact) mass is 469 g/mol. The fourth-order valence-electron chi connectivity index (χ4n) is 4.78. The van der Waals surface area contributed by atoms with Crippen molar-refractivity contribution in [2.45, 2.75) is 6.92 Å². The Balaban J connectivity index is 1.40. The second-order valence-electron chi connectivity index (χ2n) is 8.89. The van der Waals surface area contributed by atoms with Crippen LogP contribution in [0.3, 0.4) is 0 Å². The predicted molar refractivity (Wildman–Crippen MR) is 133 cm³/mol. The molecule has 176 valence electrons. The molecule has 1 aromatic heterocycles. The summed E-state index contributed by atoms with van der Waals surface area (Å²) in [6.45, 7) is 5.08.